The number of pyridine rings is 2. The summed E-state index contributed by atoms with van der Waals surface area (Å²) in [6, 6.07) is 20.0. The second-order valence-corrected chi connectivity index (χ2v) is 15.2. The molecule has 2 fully saturated rings. The molecule has 2 saturated heterocycles. The van der Waals surface area contributed by atoms with Crippen molar-refractivity contribution in [1.82, 2.24) is 45.6 Å². The second-order valence-electron chi connectivity index (χ2n) is 15.2. The molecule has 3 N–H and O–H groups in total. The maximum atomic E-state index is 15.0. The molecule has 2 aliphatic heterocycles. The molecule has 9 nitrogen and oxygen atoms in total. The number of nitrogens with zero attached hydrogens (tertiary/aromatic N) is 6. The first-order chi connectivity index (χ1) is 27.2. The smallest absolute Gasteiger partial charge is 0.151 e. The van der Waals surface area contributed by atoms with Crippen LogP contribution in [0.2, 0.25) is 0 Å². The SMILES string of the molecule is Cc1cc2cc(-c3cc(F)c4cc(C5CCNCC5)nnc4c3)[nH]c2c(C)n1.Cl.Cl.Cl.Cn1cc2cc(-c3ccc4cc(C5CCNCC5)cc(F)c4n3)cc(F)c2n1. The number of aryl methyl sites for hydroxylation is 3. The summed E-state index contributed by atoms with van der Waals surface area (Å²) in [5, 5.41) is 22.7. The van der Waals surface area contributed by atoms with E-state index in [1.807, 2.05) is 62.4 Å². The highest BCUT2D eigenvalue weighted by molar-refractivity contribution is 5.91. The number of piperidine rings is 2. The van der Waals surface area contributed by atoms with Crippen LogP contribution in [0.5, 0.6) is 0 Å². The first kappa shape index (κ1) is 43.7. The van der Waals surface area contributed by atoms with Gasteiger partial charge in [0.05, 0.1) is 28.1 Å². The molecule has 3 aromatic carbocycles. The van der Waals surface area contributed by atoms with Crippen LogP contribution in [0.15, 0.2) is 72.9 Å². The number of hydrogen-bond donors (Lipinski definition) is 3. The predicted molar refractivity (Wildman–Crippen MR) is 237 cm³/mol. The first-order valence-electron chi connectivity index (χ1n) is 19.3. The minimum Gasteiger partial charge on any atom is -0.353 e. The highest BCUT2D eigenvalue weighted by atomic mass is 35.5. The molecule has 0 radical (unpaired) electrons. The van der Waals surface area contributed by atoms with Gasteiger partial charge < -0.3 is 15.6 Å². The molecular weight excluding hydrogens is 818 g/mol. The molecule has 10 rings (SSSR count). The maximum absolute atomic E-state index is 15.0. The van der Waals surface area contributed by atoms with Crippen LogP contribution in [-0.2, 0) is 7.05 Å². The van der Waals surface area contributed by atoms with Crippen molar-refractivity contribution in [1.29, 1.82) is 0 Å². The topological polar surface area (TPSA) is 109 Å². The summed E-state index contributed by atoms with van der Waals surface area (Å²) in [5.74, 6) is -0.263. The minimum atomic E-state index is -0.406. The van der Waals surface area contributed by atoms with Gasteiger partial charge >= 0.3 is 0 Å². The molecule has 8 aromatic rings. The third-order valence-corrected chi connectivity index (χ3v) is 11.2. The fourth-order valence-electron chi connectivity index (χ4n) is 8.33. The second kappa shape index (κ2) is 18.2. The lowest BCUT2D eigenvalue weighted by atomic mass is 9.89. The van der Waals surface area contributed by atoms with E-state index in [2.05, 4.69) is 40.9 Å². The van der Waals surface area contributed by atoms with Gasteiger partial charge in [-0.3, -0.25) is 9.67 Å². The minimum absolute atomic E-state index is 0. The number of fused-ring (bicyclic) bond motifs is 4. The van der Waals surface area contributed by atoms with E-state index in [0.717, 1.165) is 102 Å². The van der Waals surface area contributed by atoms with E-state index < -0.39 is 5.82 Å². The van der Waals surface area contributed by atoms with E-state index in [0.29, 0.717) is 50.4 Å². The lowest BCUT2D eigenvalue weighted by Gasteiger charge is -2.23. The van der Waals surface area contributed by atoms with Crippen molar-refractivity contribution < 1.29 is 13.2 Å². The zero-order chi connectivity index (χ0) is 38.5. The Hall–Kier alpha value is -4.85. The molecule has 308 valence electrons. The third-order valence-electron chi connectivity index (χ3n) is 11.2. The normalized spacial score (nSPS) is 14.7. The van der Waals surface area contributed by atoms with Gasteiger partial charge in [0, 0.05) is 63.2 Å². The first-order valence-corrected chi connectivity index (χ1v) is 19.3. The lowest BCUT2D eigenvalue weighted by Crippen LogP contribution is -2.27. The number of aromatic amines is 1. The monoisotopic (exact) mass is 861 g/mol. The number of benzene rings is 3. The molecule has 15 heteroatoms. The van der Waals surface area contributed by atoms with Gasteiger partial charge in [0.25, 0.3) is 0 Å². The molecule has 0 saturated carbocycles. The summed E-state index contributed by atoms with van der Waals surface area (Å²) in [5.41, 5.74) is 8.82. The van der Waals surface area contributed by atoms with E-state index in [-0.39, 0.29) is 48.9 Å². The molecule has 7 heterocycles. The molecule has 5 aromatic heterocycles. The summed E-state index contributed by atoms with van der Waals surface area (Å²) in [4.78, 5) is 12.4. The van der Waals surface area contributed by atoms with Crippen LogP contribution >= 0.6 is 37.2 Å². The predicted octanol–water partition coefficient (Wildman–Crippen LogP) is 10.2. The van der Waals surface area contributed by atoms with Gasteiger partial charge in [0.2, 0.25) is 0 Å². The molecule has 0 aliphatic carbocycles. The number of nitrogens with one attached hydrogen (secondary N) is 3. The average Bonchev–Trinajstić information content (AvgIpc) is 3.82. The molecule has 59 heavy (non-hydrogen) atoms. The Labute approximate surface area is 358 Å². The summed E-state index contributed by atoms with van der Waals surface area (Å²) < 4.78 is 45.8. The van der Waals surface area contributed by atoms with Gasteiger partial charge in [0.15, 0.2) is 5.82 Å². The van der Waals surface area contributed by atoms with Gasteiger partial charge in [-0.2, -0.15) is 15.3 Å². The van der Waals surface area contributed by atoms with E-state index in [1.54, 1.807) is 30.1 Å². The van der Waals surface area contributed by atoms with Gasteiger partial charge in [-0.15, -0.1) is 37.2 Å². The van der Waals surface area contributed by atoms with Crippen LogP contribution < -0.4 is 10.6 Å². The summed E-state index contributed by atoms with van der Waals surface area (Å²) in [6.07, 6.45) is 5.82. The summed E-state index contributed by atoms with van der Waals surface area (Å²) in [6.45, 7) is 7.82. The highest BCUT2D eigenvalue weighted by Crippen LogP contribution is 2.33. The molecule has 0 amide bonds. The fourth-order valence-corrected chi connectivity index (χ4v) is 8.33. The molecular formula is C44H45Cl3F3N9. The van der Waals surface area contributed by atoms with Crippen molar-refractivity contribution in [3.8, 4) is 22.5 Å². The summed E-state index contributed by atoms with van der Waals surface area (Å²) in [7, 11) is 1.75. The quantitative estimate of drug-likeness (QED) is 0.162. The summed E-state index contributed by atoms with van der Waals surface area (Å²) >= 11 is 0. The van der Waals surface area contributed by atoms with E-state index in [1.165, 1.54) is 6.07 Å². The Kier molecular flexibility index (Phi) is 13.5. The largest absolute Gasteiger partial charge is 0.353 e. The Morgan fingerprint density at radius 1 is 0.644 bits per heavy atom. The van der Waals surface area contributed by atoms with E-state index >= 15 is 0 Å². The van der Waals surface area contributed by atoms with Crippen LogP contribution in [0.25, 0.3) is 66.1 Å². The van der Waals surface area contributed by atoms with Crippen molar-refractivity contribution in [3.63, 3.8) is 0 Å². The van der Waals surface area contributed by atoms with Crippen molar-refractivity contribution >= 4 is 80.8 Å². The molecule has 0 unspecified atom stereocenters. The van der Waals surface area contributed by atoms with Crippen molar-refractivity contribution in [2.45, 2.75) is 51.4 Å². The maximum Gasteiger partial charge on any atom is 0.151 e. The number of hydrogen-bond acceptors (Lipinski definition) is 7. The Balaban J connectivity index is 0.000000189. The van der Waals surface area contributed by atoms with Crippen molar-refractivity contribution in [2.75, 3.05) is 26.2 Å². The Morgan fingerprint density at radius 2 is 1.34 bits per heavy atom. The molecule has 0 bridgehead atoms. The zero-order valence-electron chi connectivity index (χ0n) is 32.8. The van der Waals surface area contributed by atoms with Crippen molar-refractivity contribution in [3.05, 3.63) is 113 Å². The number of aromatic nitrogens is 7. The van der Waals surface area contributed by atoms with Crippen molar-refractivity contribution in [2.24, 2.45) is 7.05 Å². The zero-order valence-corrected chi connectivity index (χ0v) is 35.2. The van der Waals surface area contributed by atoms with Crippen LogP contribution in [-0.4, -0.2) is 61.1 Å². The highest BCUT2D eigenvalue weighted by Gasteiger charge is 2.20. The fraction of sp³-hybridized carbons (Fsp3) is 0.295. The lowest BCUT2D eigenvalue weighted by molar-refractivity contribution is 0.451. The standard InChI is InChI=1S/C22H20F2N4.C22H22FN5.3ClH/c1-28-12-17-9-16(11-19(24)22(17)27-28)20-3-2-14-8-15(10-18(23)21(14)26-20)13-4-6-25-7-5-13;1-12-7-16-10-19(26-22(16)13(2)25-12)15-8-18(23)17-11-20(27-28-21(17)9-15)14-3-5-24-6-4-14;;;/h2-3,8-13,25H,4-7H2,1H3;7-11,14,24,26H,3-6H2,1-2H3;3*1H. The number of H-pyrrole nitrogens is 1. The Bertz CT molecular complexity index is 2780. The Morgan fingerprint density at radius 3 is 2.08 bits per heavy atom. The molecule has 2 aliphatic rings. The van der Waals surface area contributed by atoms with Crippen LogP contribution in [0.1, 0.15) is 60.2 Å². The molecule has 0 spiro atoms. The average molecular weight is 863 g/mol. The van der Waals surface area contributed by atoms with Gasteiger partial charge in [-0.05, 0) is 138 Å². The van der Waals surface area contributed by atoms with Gasteiger partial charge in [0.1, 0.15) is 22.7 Å². The number of halogens is 6. The number of rotatable bonds is 4. The van der Waals surface area contributed by atoms with Gasteiger partial charge in [-0.1, -0.05) is 6.07 Å². The van der Waals surface area contributed by atoms with E-state index in [4.69, 9.17) is 0 Å². The molecule has 0 atom stereocenters. The van der Waals surface area contributed by atoms with Crippen LogP contribution in [0, 0.1) is 31.3 Å². The van der Waals surface area contributed by atoms with Gasteiger partial charge in [-0.25, -0.2) is 18.2 Å². The third kappa shape index (κ3) is 8.88. The van der Waals surface area contributed by atoms with Crippen LogP contribution in [0.3, 0.4) is 0 Å². The van der Waals surface area contributed by atoms with E-state index in [9.17, 15) is 13.2 Å². The van der Waals surface area contributed by atoms with Crippen LogP contribution in [0.4, 0.5) is 13.2 Å².